The summed E-state index contributed by atoms with van der Waals surface area (Å²) >= 11 is 0. The zero-order chi connectivity index (χ0) is 19.3. The van der Waals surface area contributed by atoms with Crippen LogP contribution >= 0.6 is 0 Å². The fourth-order valence-electron chi connectivity index (χ4n) is 2.76. The topological polar surface area (TPSA) is 40.5 Å². The lowest BCUT2D eigenvalue weighted by Crippen LogP contribution is -2.41. The van der Waals surface area contributed by atoms with Crippen LogP contribution in [0.5, 0.6) is 0 Å². The molecule has 1 saturated heterocycles. The number of alkyl halides is 3. The average Bonchev–Trinajstić information content (AvgIpc) is 2.74. The van der Waals surface area contributed by atoms with Gasteiger partial charge in [0.1, 0.15) is 0 Å². The summed E-state index contributed by atoms with van der Waals surface area (Å²) in [7, 11) is -1.14. The molecule has 0 bridgehead atoms. The van der Waals surface area contributed by atoms with Crippen LogP contribution in [0.2, 0.25) is 0 Å². The summed E-state index contributed by atoms with van der Waals surface area (Å²) < 4.78 is 53.7. The van der Waals surface area contributed by atoms with Crippen molar-refractivity contribution in [3.05, 3.63) is 58.5 Å². The monoisotopic (exact) mass is 365 g/mol. The van der Waals surface area contributed by atoms with Gasteiger partial charge >= 0.3 is 13.3 Å². The first-order valence-electron chi connectivity index (χ1n) is 8.17. The molecule has 1 aliphatic rings. The Kier molecular flexibility index (Phi) is 4.32. The second kappa shape index (κ2) is 5.99. The molecule has 0 atom stereocenters. The summed E-state index contributed by atoms with van der Waals surface area (Å²) in [4.78, 5) is 11.9. The van der Waals surface area contributed by atoms with Gasteiger partial charge in [0.05, 0.1) is 16.8 Å². The summed E-state index contributed by atoms with van der Waals surface area (Å²) in [6, 6.07) is 8.10. The molecule has 0 amide bonds. The summed E-state index contributed by atoms with van der Waals surface area (Å²) in [6.45, 7) is 7.10. The number of aromatic nitrogens is 1. The Hall–Kier alpha value is -2.06. The fourth-order valence-corrected chi connectivity index (χ4v) is 2.76. The van der Waals surface area contributed by atoms with Crippen molar-refractivity contribution in [3.63, 3.8) is 0 Å². The van der Waals surface area contributed by atoms with Crippen LogP contribution in [0, 0.1) is 0 Å². The molecule has 26 heavy (non-hydrogen) atoms. The first-order chi connectivity index (χ1) is 11.9. The standard InChI is InChI=1S/C18H19BF3NO3/c1-16(2)17(3,4)26-19(25-16)14-9-8-12(11-13(14)18(20,21)22)23-10-6-5-7-15(23)24/h5-11H,1-4H3. The van der Waals surface area contributed by atoms with E-state index in [1.54, 1.807) is 33.8 Å². The second-order valence-electron chi connectivity index (χ2n) is 7.27. The molecule has 0 spiro atoms. The molecule has 0 saturated carbocycles. The van der Waals surface area contributed by atoms with Crippen molar-refractivity contribution in [1.82, 2.24) is 4.57 Å². The maximum Gasteiger partial charge on any atom is 0.495 e. The van der Waals surface area contributed by atoms with Gasteiger partial charge in [-0.2, -0.15) is 13.2 Å². The highest BCUT2D eigenvalue weighted by molar-refractivity contribution is 6.62. The largest absolute Gasteiger partial charge is 0.495 e. The Morgan fingerprint density at radius 2 is 1.62 bits per heavy atom. The minimum absolute atomic E-state index is 0.108. The molecular weight excluding hydrogens is 346 g/mol. The van der Waals surface area contributed by atoms with Gasteiger partial charge in [-0.05, 0) is 51.4 Å². The van der Waals surface area contributed by atoms with Gasteiger partial charge in [0.15, 0.2) is 0 Å². The SMILES string of the molecule is CC1(C)OB(c2ccc(-n3ccccc3=O)cc2C(F)(F)F)OC1(C)C. The van der Waals surface area contributed by atoms with E-state index < -0.39 is 35.6 Å². The van der Waals surface area contributed by atoms with Crippen molar-refractivity contribution < 1.29 is 22.5 Å². The zero-order valence-electron chi connectivity index (χ0n) is 14.9. The predicted molar refractivity (Wildman–Crippen MR) is 92.8 cm³/mol. The third kappa shape index (κ3) is 3.19. The van der Waals surface area contributed by atoms with Crippen LogP contribution in [0.25, 0.3) is 5.69 Å². The minimum Gasteiger partial charge on any atom is -0.399 e. The van der Waals surface area contributed by atoms with Gasteiger partial charge < -0.3 is 9.31 Å². The maximum atomic E-state index is 13.7. The van der Waals surface area contributed by atoms with Crippen LogP contribution in [-0.2, 0) is 15.5 Å². The Bertz CT molecular complexity index is 874. The van der Waals surface area contributed by atoms with Gasteiger partial charge in [-0.3, -0.25) is 9.36 Å². The van der Waals surface area contributed by atoms with Crippen LogP contribution < -0.4 is 11.0 Å². The number of nitrogens with zero attached hydrogens (tertiary/aromatic N) is 1. The molecule has 4 nitrogen and oxygen atoms in total. The lowest BCUT2D eigenvalue weighted by Gasteiger charge is -2.32. The molecule has 1 aromatic carbocycles. The molecule has 0 unspecified atom stereocenters. The number of benzene rings is 1. The Morgan fingerprint density at radius 1 is 1.00 bits per heavy atom. The molecule has 2 heterocycles. The highest BCUT2D eigenvalue weighted by atomic mass is 19.4. The van der Waals surface area contributed by atoms with Gasteiger partial charge in [-0.1, -0.05) is 12.1 Å². The maximum absolute atomic E-state index is 13.7. The summed E-state index contributed by atoms with van der Waals surface area (Å²) in [5.41, 5.74) is -2.79. The number of hydrogen-bond acceptors (Lipinski definition) is 3. The van der Waals surface area contributed by atoms with Crippen LogP contribution in [0.15, 0.2) is 47.4 Å². The van der Waals surface area contributed by atoms with E-state index in [2.05, 4.69) is 0 Å². The van der Waals surface area contributed by atoms with Crippen molar-refractivity contribution >= 4 is 12.6 Å². The van der Waals surface area contributed by atoms with E-state index in [0.717, 1.165) is 10.6 Å². The smallest absolute Gasteiger partial charge is 0.399 e. The average molecular weight is 365 g/mol. The molecule has 1 aliphatic heterocycles. The van der Waals surface area contributed by atoms with Crippen molar-refractivity contribution in [2.45, 2.75) is 45.1 Å². The van der Waals surface area contributed by atoms with E-state index in [-0.39, 0.29) is 11.2 Å². The zero-order valence-corrected chi connectivity index (χ0v) is 14.9. The predicted octanol–water partition coefficient (Wildman–Crippen LogP) is 3.16. The Morgan fingerprint density at radius 3 is 2.15 bits per heavy atom. The molecule has 8 heteroatoms. The van der Waals surface area contributed by atoms with E-state index in [0.29, 0.717) is 0 Å². The van der Waals surface area contributed by atoms with Gasteiger partial charge in [0.25, 0.3) is 5.56 Å². The first-order valence-corrected chi connectivity index (χ1v) is 8.17. The van der Waals surface area contributed by atoms with Crippen molar-refractivity contribution in [1.29, 1.82) is 0 Å². The number of rotatable bonds is 2. The molecule has 1 fully saturated rings. The number of halogens is 3. The Balaban J connectivity index is 2.11. The van der Waals surface area contributed by atoms with E-state index >= 15 is 0 Å². The van der Waals surface area contributed by atoms with Gasteiger partial charge in [0.2, 0.25) is 0 Å². The summed E-state index contributed by atoms with van der Waals surface area (Å²) in [6.07, 6.45) is -3.19. The third-order valence-electron chi connectivity index (χ3n) is 4.95. The lowest BCUT2D eigenvalue weighted by atomic mass is 9.75. The highest BCUT2D eigenvalue weighted by Crippen LogP contribution is 2.38. The first kappa shape index (κ1) is 18.7. The van der Waals surface area contributed by atoms with Crippen molar-refractivity contribution in [3.8, 4) is 5.69 Å². The van der Waals surface area contributed by atoms with Crippen LogP contribution in [-0.4, -0.2) is 22.9 Å². The van der Waals surface area contributed by atoms with Crippen molar-refractivity contribution in [2.75, 3.05) is 0 Å². The van der Waals surface area contributed by atoms with Gasteiger partial charge in [-0.25, -0.2) is 0 Å². The van der Waals surface area contributed by atoms with Crippen LogP contribution in [0.4, 0.5) is 13.2 Å². The molecule has 0 radical (unpaired) electrons. The quantitative estimate of drug-likeness (QED) is 0.768. The van der Waals surface area contributed by atoms with E-state index in [9.17, 15) is 18.0 Å². The molecule has 0 aliphatic carbocycles. The molecular formula is C18H19BF3NO3. The second-order valence-corrected chi connectivity index (χ2v) is 7.27. The minimum atomic E-state index is -4.62. The Labute approximate surface area is 149 Å². The van der Waals surface area contributed by atoms with E-state index in [4.69, 9.17) is 9.31 Å². The molecule has 1 aromatic heterocycles. The molecule has 138 valence electrons. The van der Waals surface area contributed by atoms with Gasteiger partial charge in [0, 0.05) is 18.0 Å². The number of hydrogen-bond donors (Lipinski definition) is 0. The molecule has 0 N–H and O–H groups in total. The van der Waals surface area contributed by atoms with Crippen LogP contribution in [0.1, 0.15) is 33.3 Å². The summed E-state index contributed by atoms with van der Waals surface area (Å²) in [5, 5.41) is 0. The number of pyridine rings is 1. The normalized spacial score (nSPS) is 19.0. The van der Waals surface area contributed by atoms with Crippen molar-refractivity contribution in [2.24, 2.45) is 0 Å². The van der Waals surface area contributed by atoms with Crippen LogP contribution in [0.3, 0.4) is 0 Å². The van der Waals surface area contributed by atoms with E-state index in [1.165, 1.54) is 30.5 Å². The summed E-state index contributed by atoms with van der Waals surface area (Å²) in [5.74, 6) is 0. The van der Waals surface area contributed by atoms with Gasteiger partial charge in [-0.15, -0.1) is 0 Å². The highest BCUT2D eigenvalue weighted by Gasteiger charge is 2.53. The molecule has 2 aromatic rings. The third-order valence-corrected chi connectivity index (χ3v) is 4.95. The fraction of sp³-hybridized carbons (Fsp3) is 0.389. The lowest BCUT2D eigenvalue weighted by molar-refractivity contribution is -0.136. The molecule has 3 rings (SSSR count). The van der Waals surface area contributed by atoms with E-state index in [1.807, 2.05) is 0 Å².